The lowest BCUT2D eigenvalue weighted by atomic mass is 9.76. The largest absolute Gasteiger partial charge is 0.457 e. The highest BCUT2D eigenvalue weighted by Crippen LogP contribution is 2.56. The van der Waals surface area contributed by atoms with Gasteiger partial charge < -0.3 is 42.6 Å². The summed E-state index contributed by atoms with van der Waals surface area (Å²) in [6.07, 6.45) is 0. The molecule has 140 heavy (non-hydrogen) atoms. The van der Waals surface area contributed by atoms with Crippen LogP contribution in [0.25, 0.3) is 115 Å². The summed E-state index contributed by atoms with van der Waals surface area (Å²) in [7, 11) is 0. The highest BCUT2D eigenvalue weighted by atomic mass is 19.1. The first-order valence-electron chi connectivity index (χ1n) is 48.1. The molecule has 3 aromatic heterocycles. The van der Waals surface area contributed by atoms with Crippen molar-refractivity contribution in [2.75, 3.05) is 14.7 Å². The molecule has 0 saturated heterocycles. The Hall–Kier alpha value is -17.5. The van der Waals surface area contributed by atoms with E-state index in [0.29, 0.717) is 0 Å². The number of para-hydroxylation sites is 7. The van der Waals surface area contributed by atoms with Crippen LogP contribution < -0.4 is 28.9 Å². The molecule has 27 rings (SSSR count). The molecule has 10 heteroatoms. The van der Waals surface area contributed by atoms with Crippen LogP contribution in [0.2, 0.25) is 0 Å². The van der Waals surface area contributed by atoms with Crippen LogP contribution in [-0.4, -0.2) is 13.7 Å². The van der Waals surface area contributed by atoms with E-state index >= 15 is 0 Å². The number of benzene rings is 21. The molecule has 0 aliphatic carbocycles. The first-order valence-corrected chi connectivity index (χ1v) is 48.1. The summed E-state index contributed by atoms with van der Waals surface area (Å²) >= 11 is 0. The third-order valence-corrected chi connectivity index (χ3v) is 29.2. The molecule has 0 saturated carbocycles. The molecule has 0 fully saturated rings. The number of hydrogen-bond acceptors (Lipinski definition) is 6. The Labute approximate surface area is 812 Å². The lowest BCUT2D eigenvalue weighted by Gasteiger charge is -2.35. The molecule has 21 aromatic carbocycles. The van der Waals surface area contributed by atoms with Gasteiger partial charge in [0.15, 0.2) is 0 Å². The standard InChI is InChI=1S/C44H34N2O.C43H31FN2O.C43H32N2O/c1-29-17-20-32(21-18-29)45(34-22-24-38-42(28-34)47-41-16-10-9-15-37(41)44(38,2)3)33-23-26-39-36(27-33)43-35-14-8-7-11-30(35)19-25-40(43)46(39)31-12-5-4-6-13-31;1-43(2)36-14-8-9-15-40(36)47-41-27-33(21-23-37(41)43)45(31-19-17-29(44)18-20-31)32-22-25-38-35(26-32)42-34-13-7-6-10-28(34)16-24-39(42)46(38)30-11-4-3-5-12-30;1-43(2)36-19-11-12-20-40(36)46-41-28-33(22-24-37(41)43)44(30-14-5-3-6-15-30)32-23-26-38-35(27-32)42-34-18-10-9-13-29(34)21-25-39(42)45(38)31-16-7-4-8-17-31/h4-28H,1-3H3;3-27H,1-2H3;3-28H,1-2H3. The van der Waals surface area contributed by atoms with Gasteiger partial charge in [0, 0.05) is 168 Å². The molecule has 0 unspecified atom stereocenters. The first kappa shape index (κ1) is 84.3. The average Bonchev–Trinajstić information content (AvgIpc) is 1.35. The lowest BCUT2D eigenvalue weighted by Crippen LogP contribution is -2.24. The minimum atomic E-state index is -0.270. The zero-order valence-corrected chi connectivity index (χ0v) is 78.7. The predicted octanol–water partition coefficient (Wildman–Crippen LogP) is 36.0. The zero-order valence-electron chi connectivity index (χ0n) is 78.7. The Morgan fingerprint density at radius 3 is 0.771 bits per heavy atom. The van der Waals surface area contributed by atoms with Crippen molar-refractivity contribution < 1.29 is 18.6 Å². The Morgan fingerprint density at radius 2 is 0.443 bits per heavy atom. The van der Waals surface area contributed by atoms with Gasteiger partial charge >= 0.3 is 0 Å². The summed E-state index contributed by atoms with van der Waals surface area (Å²) in [6, 6.07) is 163. The van der Waals surface area contributed by atoms with Gasteiger partial charge in [0.05, 0.1) is 33.1 Å². The molecule has 9 nitrogen and oxygen atoms in total. The number of rotatable bonds is 12. The minimum Gasteiger partial charge on any atom is -0.457 e. The van der Waals surface area contributed by atoms with Gasteiger partial charge in [-0.3, -0.25) is 0 Å². The van der Waals surface area contributed by atoms with Gasteiger partial charge in [0.2, 0.25) is 0 Å². The van der Waals surface area contributed by atoms with Crippen LogP contribution in [0, 0.1) is 12.7 Å². The summed E-state index contributed by atoms with van der Waals surface area (Å²) in [4.78, 5) is 6.88. The third kappa shape index (κ3) is 14.1. The zero-order chi connectivity index (χ0) is 94.2. The molecule has 0 bridgehead atoms. The normalized spacial score (nSPS) is 13.3. The van der Waals surface area contributed by atoms with E-state index < -0.39 is 0 Å². The van der Waals surface area contributed by atoms with Gasteiger partial charge in [0.1, 0.15) is 40.3 Å². The van der Waals surface area contributed by atoms with Crippen LogP contribution in [0.4, 0.5) is 55.6 Å². The Balaban J connectivity index is 0.000000111. The lowest BCUT2D eigenvalue weighted by molar-refractivity contribution is 0.418. The van der Waals surface area contributed by atoms with Crippen molar-refractivity contribution >= 4 is 149 Å². The molecule has 0 N–H and O–H groups in total. The van der Waals surface area contributed by atoms with E-state index in [2.05, 4.69) is 483 Å². The highest BCUT2D eigenvalue weighted by molar-refractivity contribution is 6.25. The van der Waals surface area contributed by atoms with Crippen molar-refractivity contribution in [3.63, 3.8) is 0 Å². The van der Waals surface area contributed by atoms with E-state index in [0.717, 1.165) is 125 Å². The van der Waals surface area contributed by atoms with E-state index in [-0.39, 0.29) is 22.1 Å². The van der Waals surface area contributed by atoms with Crippen molar-refractivity contribution in [2.45, 2.75) is 64.7 Å². The molecule has 672 valence electrons. The van der Waals surface area contributed by atoms with E-state index in [1.165, 1.54) is 127 Å². The maximum atomic E-state index is 14.3. The van der Waals surface area contributed by atoms with Crippen LogP contribution in [-0.2, 0) is 16.2 Å². The predicted molar refractivity (Wildman–Crippen MR) is 580 cm³/mol. The van der Waals surface area contributed by atoms with E-state index in [9.17, 15) is 4.39 Å². The number of halogens is 1. The second kappa shape index (κ2) is 33.5. The molecule has 3 aliphatic heterocycles. The summed E-state index contributed by atoms with van der Waals surface area (Å²) < 4.78 is 41.1. The summed E-state index contributed by atoms with van der Waals surface area (Å²) in [5.41, 5.74) is 27.5. The van der Waals surface area contributed by atoms with Crippen molar-refractivity contribution in [3.8, 4) is 51.6 Å². The smallest absolute Gasteiger partial charge is 0.133 e. The quantitative estimate of drug-likeness (QED) is 0.121. The van der Waals surface area contributed by atoms with Gasteiger partial charge in [0.25, 0.3) is 0 Å². The number of anilines is 9. The minimum absolute atomic E-state index is 0.167. The molecular formula is C130H97FN6O3. The molecule has 3 aliphatic rings. The van der Waals surface area contributed by atoms with Gasteiger partial charge in [-0.05, 0) is 233 Å². The fourth-order valence-electron chi connectivity index (χ4n) is 22.3. The fraction of sp³-hybridized carbons (Fsp3) is 0.0769. The first-order chi connectivity index (χ1) is 68.5. The van der Waals surface area contributed by atoms with E-state index in [1.807, 2.05) is 42.5 Å². The van der Waals surface area contributed by atoms with Gasteiger partial charge in [-0.25, -0.2) is 4.39 Å². The molecule has 0 spiro atoms. The summed E-state index contributed by atoms with van der Waals surface area (Å²) in [6.45, 7) is 15.7. The summed E-state index contributed by atoms with van der Waals surface area (Å²) in [5.74, 6) is 5.07. The van der Waals surface area contributed by atoms with Crippen molar-refractivity contribution in [1.82, 2.24) is 13.7 Å². The molecule has 0 radical (unpaired) electrons. The fourth-order valence-corrected chi connectivity index (χ4v) is 22.3. The van der Waals surface area contributed by atoms with Crippen LogP contribution in [0.5, 0.6) is 34.5 Å². The van der Waals surface area contributed by atoms with Crippen LogP contribution in [0.15, 0.2) is 461 Å². The second-order valence-corrected chi connectivity index (χ2v) is 38.5. The van der Waals surface area contributed by atoms with Crippen LogP contribution in [0.1, 0.15) is 80.5 Å². The van der Waals surface area contributed by atoms with E-state index in [1.54, 1.807) is 0 Å². The average molecular weight is 1810 g/mol. The van der Waals surface area contributed by atoms with Crippen molar-refractivity contribution in [2.24, 2.45) is 0 Å². The van der Waals surface area contributed by atoms with Crippen LogP contribution in [0.3, 0.4) is 0 Å². The SMILES string of the molecule is CC1(C)c2ccccc2Oc2cc(N(c3ccc(F)cc3)c3ccc4c(c3)c3c5ccccc5ccc3n4-c3ccccc3)ccc21.CC1(C)c2ccccc2Oc2cc(N(c3ccccc3)c3ccc4c(c3)c3c5ccccc5ccc3n4-c3ccccc3)ccc21.Cc1ccc(N(c2ccc3c(c2)Oc2ccccc2C3(C)C)c2ccc3c(c2)c2c4ccccc4ccc2n3-c2ccccc2)cc1. The van der Waals surface area contributed by atoms with Gasteiger partial charge in [-0.1, -0.05) is 296 Å². The monoisotopic (exact) mass is 1810 g/mol. The molecule has 6 heterocycles. The Morgan fingerprint density at radius 1 is 0.200 bits per heavy atom. The molecular weight excluding hydrogens is 1710 g/mol. The maximum Gasteiger partial charge on any atom is 0.133 e. The maximum absolute atomic E-state index is 14.3. The molecule has 0 atom stereocenters. The van der Waals surface area contributed by atoms with Crippen molar-refractivity contribution in [1.29, 1.82) is 0 Å². The number of ether oxygens (including phenoxy) is 3. The van der Waals surface area contributed by atoms with Crippen LogP contribution >= 0.6 is 0 Å². The highest BCUT2D eigenvalue weighted by Gasteiger charge is 2.39. The Kier molecular flexibility index (Phi) is 20.2. The number of nitrogens with zero attached hydrogens (tertiary/aromatic N) is 6. The number of fused-ring (bicyclic) bond motifs is 21. The van der Waals surface area contributed by atoms with Crippen molar-refractivity contribution in [3.05, 3.63) is 506 Å². The molecule has 0 amide bonds. The Bertz CT molecular complexity index is 8680. The number of hydrogen-bond donors (Lipinski definition) is 0. The van der Waals surface area contributed by atoms with Gasteiger partial charge in [-0.2, -0.15) is 0 Å². The molecule has 24 aromatic rings. The number of aryl methyl sites for hydroxylation is 1. The number of aromatic nitrogens is 3. The van der Waals surface area contributed by atoms with Gasteiger partial charge in [-0.15, -0.1) is 0 Å². The third-order valence-electron chi connectivity index (χ3n) is 29.2. The summed E-state index contributed by atoms with van der Waals surface area (Å²) in [5, 5.41) is 14.7. The topological polar surface area (TPSA) is 52.2 Å². The second-order valence-electron chi connectivity index (χ2n) is 38.5. The van der Waals surface area contributed by atoms with E-state index in [4.69, 9.17) is 14.2 Å².